The third-order valence-corrected chi connectivity index (χ3v) is 4.78. The molecular weight excluding hydrogens is 354 g/mol. The monoisotopic (exact) mass is 371 g/mol. The van der Waals surface area contributed by atoms with Crippen LogP contribution in [0.1, 0.15) is 22.3 Å². The number of aromatic carboxylic acids is 1. The van der Waals surface area contributed by atoms with Crippen molar-refractivity contribution in [3.8, 4) is 0 Å². The zero-order valence-corrected chi connectivity index (χ0v) is 14.7. The molecule has 1 aliphatic rings. The summed E-state index contributed by atoms with van der Waals surface area (Å²) in [5.41, 5.74) is 1.85. The largest absolute Gasteiger partial charge is 0.478 e. The fourth-order valence-corrected chi connectivity index (χ4v) is 3.66. The number of aryl methyl sites for hydroxylation is 1. The average molecular weight is 371 g/mol. The normalized spacial score (nSPS) is 14.9. The third-order valence-electron chi connectivity index (χ3n) is 3.71. The number of hydrogen-bond donors (Lipinski definition) is 4. The number of fused-ring (bicyclic) bond motifs is 1. The summed E-state index contributed by atoms with van der Waals surface area (Å²) in [6, 6.07) is 12.0. The molecule has 0 fully saturated rings. The molecule has 1 heterocycles. The molecule has 1 unspecified atom stereocenters. The fraction of sp³-hybridized carbons (Fsp3) is 0.167. The van der Waals surface area contributed by atoms with Gasteiger partial charge >= 0.3 is 5.97 Å². The van der Waals surface area contributed by atoms with Crippen LogP contribution in [0.2, 0.25) is 0 Å². The molecule has 0 radical (unpaired) electrons. The molecule has 0 spiro atoms. The van der Waals surface area contributed by atoms with Crippen molar-refractivity contribution in [1.82, 2.24) is 5.32 Å². The highest BCUT2D eigenvalue weighted by Crippen LogP contribution is 2.37. The molecule has 0 saturated carbocycles. The second kappa shape index (κ2) is 7.49. The van der Waals surface area contributed by atoms with Crippen LogP contribution in [0.5, 0.6) is 0 Å². The molecular formula is C18H17N3O4S. The minimum absolute atomic E-state index is 0.0277. The van der Waals surface area contributed by atoms with E-state index in [2.05, 4.69) is 16.0 Å². The van der Waals surface area contributed by atoms with Crippen LogP contribution >= 0.6 is 11.8 Å². The van der Waals surface area contributed by atoms with Gasteiger partial charge in [-0.1, -0.05) is 30.0 Å². The first-order valence-electron chi connectivity index (χ1n) is 7.88. The van der Waals surface area contributed by atoms with Gasteiger partial charge < -0.3 is 21.1 Å². The standard InChI is InChI=1S/C18H17N3O4S/c1-10-6-7-13-14(8-10)26-18(20-13)21-16(23)9-15(22)19-12-5-3-2-4-11(12)17(24)25/h2-8,18,20H,9H2,1H3,(H,19,22)(H,21,23)(H,24,25). The zero-order chi connectivity index (χ0) is 18.7. The predicted octanol–water partition coefficient (Wildman–Crippen LogP) is 2.64. The van der Waals surface area contributed by atoms with Crippen LogP contribution in [0.4, 0.5) is 11.4 Å². The van der Waals surface area contributed by atoms with Crippen molar-refractivity contribution in [2.24, 2.45) is 0 Å². The Morgan fingerprint density at radius 3 is 2.69 bits per heavy atom. The molecule has 26 heavy (non-hydrogen) atoms. The van der Waals surface area contributed by atoms with Gasteiger partial charge in [0.15, 0.2) is 5.50 Å². The number of amides is 2. The van der Waals surface area contributed by atoms with Crippen molar-refractivity contribution in [2.75, 3.05) is 10.6 Å². The van der Waals surface area contributed by atoms with E-state index in [4.69, 9.17) is 5.11 Å². The summed E-state index contributed by atoms with van der Waals surface area (Å²) in [4.78, 5) is 36.3. The van der Waals surface area contributed by atoms with Crippen LogP contribution in [0.3, 0.4) is 0 Å². The molecule has 2 aromatic rings. The molecule has 2 aromatic carbocycles. The Labute approximate surface area is 154 Å². The summed E-state index contributed by atoms with van der Waals surface area (Å²) in [5.74, 6) is -2.18. The Hall–Kier alpha value is -3.00. The Kier molecular flexibility index (Phi) is 5.13. The van der Waals surface area contributed by atoms with Gasteiger partial charge in [-0.3, -0.25) is 9.59 Å². The highest BCUT2D eigenvalue weighted by molar-refractivity contribution is 8.00. The molecule has 4 N–H and O–H groups in total. The summed E-state index contributed by atoms with van der Waals surface area (Å²) in [6.07, 6.45) is -0.401. The second-order valence-corrected chi connectivity index (χ2v) is 6.93. The van der Waals surface area contributed by atoms with Crippen LogP contribution in [0, 0.1) is 6.92 Å². The maximum absolute atomic E-state index is 12.1. The van der Waals surface area contributed by atoms with Gasteiger partial charge in [0.05, 0.1) is 16.9 Å². The Bertz CT molecular complexity index is 884. The van der Waals surface area contributed by atoms with Crippen molar-refractivity contribution in [3.05, 3.63) is 53.6 Å². The first-order chi connectivity index (χ1) is 12.4. The van der Waals surface area contributed by atoms with E-state index >= 15 is 0 Å². The lowest BCUT2D eigenvalue weighted by molar-refractivity contribution is -0.126. The average Bonchev–Trinajstić information content (AvgIpc) is 2.95. The van der Waals surface area contributed by atoms with Crippen molar-refractivity contribution in [3.63, 3.8) is 0 Å². The van der Waals surface area contributed by atoms with Crippen LogP contribution < -0.4 is 16.0 Å². The van der Waals surface area contributed by atoms with E-state index < -0.39 is 24.2 Å². The topological polar surface area (TPSA) is 108 Å². The zero-order valence-electron chi connectivity index (χ0n) is 13.9. The summed E-state index contributed by atoms with van der Waals surface area (Å²) < 4.78 is 0. The van der Waals surface area contributed by atoms with Crippen molar-refractivity contribution in [1.29, 1.82) is 0 Å². The smallest absolute Gasteiger partial charge is 0.337 e. The molecule has 134 valence electrons. The van der Waals surface area contributed by atoms with Gasteiger partial charge in [0.1, 0.15) is 6.42 Å². The number of carbonyl (C=O) groups is 3. The van der Waals surface area contributed by atoms with Gasteiger partial charge in [0.2, 0.25) is 11.8 Å². The summed E-state index contributed by atoms with van der Waals surface area (Å²) >= 11 is 1.46. The minimum atomic E-state index is -1.15. The van der Waals surface area contributed by atoms with E-state index in [1.54, 1.807) is 12.1 Å². The highest BCUT2D eigenvalue weighted by Gasteiger charge is 2.23. The van der Waals surface area contributed by atoms with Gasteiger partial charge in [0.25, 0.3) is 0 Å². The van der Waals surface area contributed by atoms with Crippen LogP contribution in [0.25, 0.3) is 0 Å². The molecule has 1 aliphatic heterocycles. The van der Waals surface area contributed by atoms with E-state index in [1.165, 1.54) is 23.9 Å². The van der Waals surface area contributed by atoms with Crippen LogP contribution in [0.15, 0.2) is 47.4 Å². The molecule has 1 atom stereocenters. The number of rotatable bonds is 5. The van der Waals surface area contributed by atoms with Gasteiger partial charge in [-0.25, -0.2) is 4.79 Å². The number of thioether (sulfide) groups is 1. The van der Waals surface area contributed by atoms with Gasteiger partial charge in [-0.15, -0.1) is 0 Å². The number of carbonyl (C=O) groups excluding carboxylic acids is 2. The first-order valence-corrected chi connectivity index (χ1v) is 8.76. The molecule has 3 rings (SSSR count). The Morgan fingerprint density at radius 1 is 1.15 bits per heavy atom. The van der Waals surface area contributed by atoms with Gasteiger partial charge in [0, 0.05) is 4.90 Å². The van der Waals surface area contributed by atoms with Gasteiger partial charge in [-0.05, 0) is 36.8 Å². The predicted molar refractivity (Wildman–Crippen MR) is 99.2 cm³/mol. The van der Waals surface area contributed by atoms with Crippen LogP contribution in [-0.2, 0) is 9.59 Å². The quantitative estimate of drug-likeness (QED) is 0.602. The van der Waals surface area contributed by atoms with Crippen molar-refractivity contribution in [2.45, 2.75) is 23.7 Å². The SMILES string of the molecule is Cc1ccc2c(c1)SC(NC(=O)CC(=O)Nc1ccccc1C(=O)O)N2. The van der Waals surface area contributed by atoms with Crippen molar-refractivity contribution >= 4 is 40.9 Å². The van der Waals surface area contributed by atoms with Crippen molar-refractivity contribution < 1.29 is 19.5 Å². The number of nitrogens with one attached hydrogen (secondary N) is 3. The molecule has 0 saturated heterocycles. The number of carboxylic acids is 1. The lowest BCUT2D eigenvalue weighted by Crippen LogP contribution is -2.37. The molecule has 8 heteroatoms. The van der Waals surface area contributed by atoms with Crippen LogP contribution in [-0.4, -0.2) is 28.4 Å². The third kappa shape index (κ3) is 4.15. The number of para-hydroxylation sites is 1. The second-order valence-electron chi connectivity index (χ2n) is 5.79. The summed E-state index contributed by atoms with van der Waals surface area (Å²) in [6.45, 7) is 1.99. The number of carboxylic acid groups (broad SMARTS) is 1. The fourth-order valence-electron chi connectivity index (χ4n) is 2.53. The maximum Gasteiger partial charge on any atom is 0.337 e. The number of hydrogen-bond acceptors (Lipinski definition) is 5. The highest BCUT2D eigenvalue weighted by atomic mass is 32.2. The van der Waals surface area contributed by atoms with E-state index in [0.29, 0.717) is 0 Å². The lowest BCUT2D eigenvalue weighted by atomic mass is 10.2. The number of benzene rings is 2. The molecule has 0 aromatic heterocycles. The molecule has 0 bridgehead atoms. The Morgan fingerprint density at radius 2 is 1.92 bits per heavy atom. The maximum atomic E-state index is 12.1. The Balaban J connectivity index is 1.54. The number of anilines is 2. The lowest BCUT2D eigenvalue weighted by Gasteiger charge is -2.13. The molecule has 0 aliphatic carbocycles. The van der Waals surface area contributed by atoms with E-state index in [-0.39, 0.29) is 16.7 Å². The first kappa shape index (κ1) is 17.8. The molecule has 2 amide bonds. The van der Waals surface area contributed by atoms with E-state index in [1.807, 2.05) is 25.1 Å². The van der Waals surface area contributed by atoms with E-state index in [9.17, 15) is 14.4 Å². The van der Waals surface area contributed by atoms with Gasteiger partial charge in [-0.2, -0.15) is 0 Å². The minimum Gasteiger partial charge on any atom is -0.478 e. The van der Waals surface area contributed by atoms with E-state index in [0.717, 1.165) is 16.1 Å². The molecule has 7 nitrogen and oxygen atoms in total. The summed E-state index contributed by atoms with van der Waals surface area (Å²) in [7, 11) is 0. The summed E-state index contributed by atoms with van der Waals surface area (Å²) in [5, 5.41) is 17.5.